The van der Waals surface area contributed by atoms with Gasteiger partial charge in [-0.25, -0.2) is 5.43 Å². The van der Waals surface area contributed by atoms with E-state index in [1.807, 2.05) is 79.7 Å². The van der Waals surface area contributed by atoms with Crippen LogP contribution < -0.4 is 10.2 Å². The van der Waals surface area contributed by atoms with Crippen LogP contribution >= 0.6 is 0 Å². The number of carbonyl (C=O) groups is 1. The quantitative estimate of drug-likeness (QED) is 0.547. The molecule has 0 aliphatic heterocycles. The molecule has 3 aromatic carbocycles. The van der Waals surface area contributed by atoms with E-state index in [9.17, 15) is 4.79 Å². The van der Waals surface area contributed by atoms with Gasteiger partial charge < -0.3 is 4.74 Å². The largest absolute Gasteiger partial charge is 0.457 e. The van der Waals surface area contributed by atoms with Gasteiger partial charge >= 0.3 is 0 Å². The first kappa shape index (κ1) is 16.5. The zero-order chi connectivity index (χ0) is 17.5. The summed E-state index contributed by atoms with van der Waals surface area (Å²) in [5.41, 5.74) is 4.77. The van der Waals surface area contributed by atoms with Crippen molar-refractivity contribution in [1.82, 2.24) is 5.43 Å². The number of carbonyl (C=O) groups excluding carboxylic acids is 1. The molecule has 25 heavy (non-hydrogen) atoms. The first-order chi connectivity index (χ1) is 12.2. The summed E-state index contributed by atoms with van der Waals surface area (Å²) in [6.07, 6.45) is 0. The van der Waals surface area contributed by atoms with Gasteiger partial charge in [-0.3, -0.25) is 4.79 Å². The maximum absolute atomic E-state index is 12.0. The van der Waals surface area contributed by atoms with Crippen molar-refractivity contribution in [1.29, 1.82) is 0 Å². The van der Waals surface area contributed by atoms with Crippen molar-refractivity contribution >= 4 is 11.6 Å². The topological polar surface area (TPSA) is 50.7 Å². The number of hydrazone groups is 1. The fourth-order valence-corrected chi connectivity index (χ4v) is 2.24. The van der Waals surface area contributed by atoms with Gasteiger partial charge in [-0.1, -0.05) is 36.4 Å². The zero-order valence-corrected chi connectivity index (χ0v) is 13.8. The third kappa shape index (κ3) is 4.54. The lowest BCUT2D eigenvalue weighted by atomic mass is 10.1. The highest BCUT2D eigenvalue weighted by atomic mass is 16.5. The van der Waals surface area contributed by atoms with Gasteiger partial charge in [0.05, 0.1) is 5.71 Å². The molecule has 0 unspecified atom stereocenters. The van der Waals surface area contributed by atoms with E-state index in [2.05, 4.69) is 10.5 Å². The van der Waals surface area contributed by atoms with E-state index in [1.54, 1.807) is 12.1 Å². The van der Waals surface area contributed by atoms with Gasteiger partial charge in [0.2, 0.25) is 0 Å². The Bertz CT molecular complexity index is 857. The maximum Gasteiger partial charge on any atom is 0.271 e. The highest BCUT2D eigenvalue weighted by Gasteiger charge is 2.04. The maximum atomic E-state index is 12.0. The fourth-order valence-electron chi connectivity index (χ4n) is 2.24. The normalized spacial score (nSPS) is 11.0. The molecule has 4 nitrogen and oxygen atoms in total. The minimum absolute atomic E-state index is 0.232. The highest BCUT2D eigenvalue weighted by molar-refractivity contribution is 6.00. The van der Waals surface area contributed by atoms with Gasteiger partial charge in [0, 0.05) is 5.56 Å². The minimum atomic E-state index is -0.232. The Kier molecular flexibility index (Phi) is 5.22. The van der Waals surface area contributed by atoms with E-state index in [0.29, 0.717) is 5.56 Å². The van der Waals surface area contributed by atoms with Gasteiger partial charge in [0.25, 0.3) is 5.91 Å². The molecular formula is C21H18N2O2. The van der Waals surface area contributed by atoms with E-state index >= 15 is 0 Å². The predicted molar refractivity (Wildman–Crippen MR) is 99.1 cm³/mol. The van der Waals surface area contributed by atoms with E-state index in [-0.39, 0.29) is 5.91 Å². The third-order valence-corrected chi connectivity index (χ3v) is 3.61. The molecule has 1 amide bonds. The fraction of sp³-hybridized carbons (Fsp3) is 0.0476. The predicted octanol–water partition coefficient (Wildman–Crippen LogP) is 4.63. The second kappa shape index (κ2) is 7.93. The van der Waals surface area contributed by atoms with E-state index in [0.717, 1.165) is 22.8 Å². The summed E-state index contributed by atoms with van der Waals surface area (Å²) in [4.78, 5) is 12.0. The number of ether oxygens (including phenoxy) is 1. The molecule has 0 saturated heterocycles. The minimum Gasteiger partial charge on any atom is -0.457 e. The van der Waals surface area contributed by atoms with E-state index in [1.165, 1.54) is 0 Å². The van der Waals surface area contributed by atoms with Gasteiger partial charge in [0.15, 0.2) is 0 Å². The molecule has 0 aromatic heterocycles. The number of nitrogens with one attached hydrogen (secondary N) is 1. The number of benzene rings is 3. The molecule has 0 radical (unpaired) electrons. The Hall–Kier alpha value is -3.40. The summed E-state index contributed by atoms with van der Waals surface area (Å²) in [5.74, 6) is 1.30. The first-order valence-corrected chi connectivity index (χ1v) is 7.95. The lowest BCUT2D eigenvalue weighted by Crippen LogP contribution is -2.19. The lowest BCUT2D eigenvalue weighted by molar-refractivity contribution is 0.0955. The van der Waals surface area contributed by atoms with Gasteiger partial charge in [0.1, 0.15) is 11.5 Å². The molecule has 4 heteroatoms. The van der Waals surface area contributed by atoms with Gasteiger partial charge in [-0.15, -0.1) is 0 Å². The van der Waals surface area contributed by atoms with Crippen molar-refractivity contribution in [3.8, 4) is 11.5 Å². The van der Waals surface area contributed by atoms with Crippen LogP contribution in [0.5, 0.6) is 11.5 Å². The van der Waals surface area contributed by atoms with Crippen LogP contribution in [0.3, 0.4) is 0 Å². The molecule has 0 atom stereocenters. The summed E-state index contributed by atoms with van der Waals surface area (Å²) >= 11 is 0. The average molecular weight is 330 g/mol. The molecule has 0 aliphatic rings. The summed E-state index contributed by atoms with van der Waals surface area (Å²) < 4.78 is 5.76. The number of nitrogens with zero attached hydrogens (tertiary/aromatic N) is 1. The number of amides is 1. The summed E-state index contributed by atoms with van der Waals surface area (Å²) in [7, 11) is 0. The molecule has 0 aliphatic carbocycles. The number of para-hydroxylation sites is 1. The molecular weight excluding hydrogens is 312 g/mol. The second-order valence-electron chi connectivity index (χ2n) is 5.44. The molecule has 124 valence electrons. The molecule has 0 heterocycles. The van der Waals surface area contributed by atoms with Crippen LogP contribution in [0.1, 0.15) is 22.8 Å². The number of hydrogen-bond donors (Lipinski definition) is 1. The van der Waals surface area contributed by atoms with Crippen molar-refractivity contribution in [3.63, 3.8) is 0 Å². The average Bonchev–Trinajstić information content (AvgIpc) is 2.68. The van der Waals surface area contributed by atoms with Crippen molar-refractivity contribution in [3.05, 3.63) is 96.1 Å². The lowest BCUT2D eigenvalue weighted by Gasteiger charge is -2.07. The van der Waals surface area contributed by atoms with Crippen LogP contribution in [0.2, 0.25) is 0 Å². The summed E-state index contributed by atoms with van der Waals surface area (Å²) in [5, 5.41) is 4.16. The van der Waals surface area contributed by atoms with Crippen LogP contribution in [0.25, 0.3) is 0 Å². The van der Waals surface area contributed by atoms with Crippen LogP contribution in [-0.2, 0) is 0 Å². The molecule has 1 N–H and O–H groups in total. The Morgan fingerprint density at radius 1 is 0.760 bits per heavy atom. The van der Waals surface area contributed by atoms with Crippen LogP contribution in [0, 0.1) is 0 Å². The van der Waals surface area contributed by atoms with Crippen molar-refractivity contribution in [2.75, 3.05) is 0 Å². The molecule has 3 rings (SSSR count). The van der Waals surface area contributed by atoms with Gasteiger partial charge in [-0.2, -0.15) is 5.10 Å². The van der Waals surface area contributed by atoms with Gasteiger partial charge in [-0.05, 0) is 61.0 Å². The standard InChI is InChI=1S/C21H18N2O2/c1-16(22-23-21(24)18-8-4-2-5-9-18)17-12-14-20(15-13-17)25-19-10-6-3-7-11-19/h2-15H,1H3,(H,23,24)/b22-16+. The second-order valence-corrected chi connectivity index (χ2v) is 5.44. The van der Waals surface area contributed by atoms with E-state index in [4.69, 9.17) is 4.74 Å². The Balaban J connectivity index is 1.64. The SMILES string of the molecule is C/C(=N\NC(=O)c1ccccc1)c1ccc(Oc2ccccc2)cc1. The Labute approximate surface area is 146 Å². The Morgan fingerprint density at radius 2 is 1.32 bits per heavy atom. The zero-order valence-electron chi connectivity index (χ0n) is 13.8. The molecule has 0 saturated carbocycles. The number of rotatable bonds is 5. The molecule has 0 fully saturated rings. The third-order valence-electron chi connectivity index (χ3n) is 3.61. The van der Waals surface area contributed by atoms with Crippen LogP contribution in [0.4, 0.5) is 0 Å². The smallest absolute Gasteiger partial charge is 0.271 e. The molecule has 3 aromatic rings. The molecule has 0 bridgehead atoms. The molecule has 0 spiro atoms. The van der Waals surface area contributed by atoms with Crippen molar-refractivity contribution < 1.29 is 9.53 Å². The monoisotopic (exact) mass is 330 g/mol. The van der Waals surface area contributed by atoms with Crippen LogP contribution in [-0.4, -0.2) is 11.6 Å². The van der Waals surface area contributed by atoms with Crippen LogP contribution in [0.15, 0.2) is 90.0 Å². The first-order valence-electron chi connectivity index (χ1n) is 7.95. The Morgan fingerprint density at radius 3 is 1.96 bits per heavy atom. The summed E-state index contributed by atoms with van der Waals surface area (Å²) in [6, 6.07) is 26.2. The van der Waals surface area contributed by atoms with E-state index < -0.39 is 0 Å². The van der Waals surface area contributed by atoms with Crippen molar-refractivity contribution in [2.24, 2.45) is 5.10 Å². The van der Waals surface area contributed by atoms with Crippen molar-refractivity contribution in [2.45, 2.75) is 6.92 Å². The number of hydrogen-bond acceptors (Lipinski definition) is 3. The summed E-state index contributed by atoms with van der Waals surface area (Å²) in [6.45, 7) is 1.85. The highest BCUT2D eigenvalue weighted by Crippen LogP contribution is 2.21.